The number of benzene rings is 1. The zero-order valence-electron chi connectivity index (χ0n) is 15.3. The van der Waals surface area contributed by atoms with Crippen LogP contribution >= 0.6 is 11.6 Å². The highest BCUT2D eigenvalue weighted by Crippen LogP contribution is 2.26. The Kier molecular flexibility index (Phi) is 5.77. The lowest BCUT2D eigenvalue weighted by Gasteiger charge is -2.32. The van der Waals surface area contributed by atoms with Crippen molar-refractivity contribution in [3.05, 3.63) is 39.4 Å². The molecule has 1 aromatic carbocycles. The largest absolute Gasteiger partial charge is 0.313 e. The third kappa shape index (κ3) is 3.89. The Morgan fingerprint density at radius 3 is 3.00 bits per heavy atom. The Balaban J connectivity index is 2.08. The fraction of sp³-hybridized carbons (Fsp3) is 0.579. The molecule has 0 spiro atoms. The minimum atomic E-state index is -0.0235. The normalized spacial score (nSPS) is 20.6. The lowest BCUT2D eigenvalue weighted by molar-refractivity contribution is 0.175. The van der Waals surface area contributed by atoms with Crippen molar-refractivity contribution >= 4 is 22.5 Å². The molecule has 0 aliphatic carbocycles. The van der Waals surface area contributed by atoms with Gasteiger partial charge in [0.25, 0.3) is 5.56 Å². The Morgan fingerprint density at radius 2 is 2.24 bits per heavy atom. The van der Waals surface area contributed by atoms with Crippen molar-refractivity contribution in [1.82, 2.24) is 19.8 Å². The SMILES string of the molecule is CCC[C@@H](c1nc2ccc(Cl)cc2c(=O)n1C)N1CCCNC(C)C1. The van der Waals surface area contributed by atoms with Gasteiger partial charge in [-0.25, -0.2) is 4.98 Å². The molecule has 5 nitrogen and oxygen atoms in total. The van der Waals surface area contributed by atoms with Crippen LogP contribution in [-0.2, 0) is 7.05 Å². The van der Waals surface area contributed by atoms with Gasteiger partial charge in [-0.1, -0.05) is 24.9 Å². The highest BCUT2D eigenvalue weighted by molar-refractivity contribution is 6.31. The lowest BCUT2D eigenvalue weighted by atomic mass is 10.1. The maximum atomic E-state index is 12.9. The van der Waals surface area contributed by atoms with E-state index in [1.54, 1.807) is 16.7 Å². The molecular formula is C19H27ClN4O. The Bertz CT molecular complexity index is 804. The van der Waals surface area contributed by atoms with E-state index in [2.05, 4.69) is 24.1 Å². The second kappa shape index (κ2) is 7.85. The van der Waals surface area contributed by atoms with E-state index in [0.717, 1.165) is 50.2 Å². The maximum absolute atomic E-state index is 12.9. The third-order valence-corrected chi connectivity index (χ3v) is 5.23. The van der Waals surface area contributed by atoms with Gasteiger partial charge in [-0.2, -0.15) is 0 Å². The first-order chi connectivity index (χ1) is 12.0. The van der Waals surface area contributed by atoms with Crippen LogP contribution in [0.1, 0.15) is 45.0 Å². The zero-order valence-corrected chi connectivity index (χ0v) is 16.0. The monoisotopic (exact) mass is 362 g/mol. The highest BCUT2D eigenvalue weighted by Gasteiger charge is 2.26. The van der Waals surface area contributed by atoms with E-state index in [0.29, 0.717) is 16.5 Å². The van der Waals surface area contributed by atoms with Crippen molar-refractivity contribution < 1.29 is 0 Å². The smallest absolute Gasteiger partial charge is 0.261 e. The zero-order chi connectivity index (χ0) is 18.0. The summed E-state index contributed by atoms with van der Waals surface area (Å²) in [7, 11) is 1.83. The highest BCUT2D eigenvalue weighted by atomic mass is 35.5. The van der Waals surface area contributed by atoms with Gasteiger partial charge in [0.1, 0.15) is 5.82 Å². The van der Waals surface area contributed by atoms with Crippen molar-refractivity contribution in [3.8, 4) is 0 Å². The van der Waals surface area contributed by atoms with E-state index in [1.807, 2.05) is 13.1 Å². The molecular weight excluding hydrogens is 336 g/mol. The molecule has 2 aromatic rings. The number of nitrogens with one attached hydrogen (secondary N) is 1. The number of aromatic nitrogens is 2. The van der Waals surface area contributed by atoms with Gasteiger partial charge in [0.2, 0.25) is 0 Å². The molecule has 1 aromatic heterocycles. The molecule has 2 atom stereocenters. The summed E-state index contributed by atoms with van der Waals surface area (Å²) in [6.45, 7) is 7.44. The second-order valence-corrected chi connectivity index (χ2v) is 7.44. The van der Waals surface area contributed by atoms with Crippen LogP contribution in [0.25, 0.3) is 10.9 Å². The molecule has 1 aliphatic rings. The second-order valence-electron chi connectivity index (χ2n) is 7.00. The van der Waals surface area contributed by atoms with Gasteiger partial charge in [0.05, 0.1) is 16.9 Å². The number of nitrogens with zero attached hydrogens (tertiary/aromatic N) is 3. The van der Waals surface area contributed by atoms with Crippen LogP contribution in [0.3, 0.4) is 0 Å². The van der Waals surface area contributed by atoms with Crippen LogP contribution in [0, 0.1) is 0 Å². The summed E-state index contributed by atoms with van der Waals surface area (Å²) in [6, 6.07) is 5.96. The predicted octanol–water partition coefficient (Wildman–Crippen LogP) is 3.11. The van der Waals surface area contributed by atoms with Crippen LogP contribution in [0.4, 0.5) is 0 Å². The van der Waals surface area contributed by atoms with E-state index in [9.17, 15) is 4.79 Å². The molecule has 25 heavy (non-hydrogen) atoms. The molecule has 1 N–H and O–H groups in total. The first-order valence-electron chi connectivity index (χ1n) is 9.15. The third-order valence-electron chi connectivity index (χ3n) is 5.00. The van der Waals surface area contributed by atoms with Gasteiger partial charge in [-0.05, 0) is 44.5 Å². The van der Waals surface area contributed by atoms with E-state index in [-0.39, 0.29) is 11.6 Å². The van der Waals surface area contributed by atoms with E-state index in [1.165, 1.54) is 0 Å². The predicted molar refractivity (Wildman–Crippen MR) is 103 cm³/mol. The topological polar surface area (TPSA) is 50.2 Å². The van der Waals surface area contributed by atoms with Gasteiger partial charge in [0, 0.05) is 31.2 Å². The number of halogens is 1. The molecule has 0 radical (unpaired) electrons. The van der Waals surface area contributed by atoms with Gasteiger partial charge in [0.15, 0.2) is 0 Å². The van der Waals surface area contributed by atoms with E-state index >= 15 is 0 Å². The molecule has 2 heterocycles. The summed E-state index contributed by atoms with van der Waals surface area (Å²) < 4.78 is 1.71. The van der Waals surface area contributed by atoms with Gasteiger partial charge in [-0.15, -0.1) is 0 Å². The van der Waals surface area contributed by atoms with Crippen LogP contribution in [0.5, 0.6) is 0 Å². The van der Waals surface area contributed by atoms with Crippen molar-refractivity contribution in [2.75, 3.05) is 19.6 Å². The molecule has 0 amide bonds. The van der Waals surface area contributed by atoms with Crippen molar-refractivity contribution in [1.29, 1.82) is 0 Å². The quantitative estimate of drug-likeness (QED) is 0.907. The summed E-state index contributed by atoms with van der Waals surface area (Å²) >= 11 is 6.06. The number of hydrogen-bond donors (Lipinski definition) is 1. The van der Waals surface area contributed by atoms with Crippen LogP contribution in [-0.4, -0.2) is 40.1 Å². The molecule has 1 saturated heterocycles. The van der Waals surface area contributed by atoms with Crippen molar-refractivity contribution in [2.45, 2.75) is 45.2 Å². The standard InChI is InChI=1S/C19H27ClN4O/c1-4-6-17(24-10-5-9-21-13(2)12-24)18-22-16-8-7-14(20)11-15(16)19(25)23(18)3/h7-8,11,13,17,21H,4-6,9-10,12H2,1-3H3/t13?,17-/m0/s1. The number of fused-ring (bicyclic) bond motifs is 1. The molecule has 0 saturated carbocycles. The Labute approximate surface area is 154 Å². The Hall–Kier alpha value is -1.43. The molecule has 1 unspecified atom stereocenters. The van der Waals surface area contributed by atoms with Crippen LogP contribution < -0.4 is 10.9 Å². The molecule has 3 rings (SSSR count). The maximum Gasteiger partial charge on any atom is 0.261 e. The number of rotatable bonds is 4. The lowest BCUT2D eigenvalue weighted by Crippen LogP contribution is -2.39. The van der Waals surface area contributed by atoms with Gasteiger partial charge in [-0.3, -0.25) is 14.3 Å². The average molecular weight is 363 g/mol. The summed E-state index contributed by atoms with van der Waals surface area (Å²) in [6.07, 6.45) is 3.16. The number of hydrogen-bond acceptors (Lipinski definition) is 4. The first kappa shape index (κ1) is 18.4. The first-order valence-corrected chi connectivity index (χ1v) is 9.52. The van der Waals surface area contributed by atoms with Crippen molar-refractivity contribution in [2.24, 2.45) is 7.05 Å². The molecule has 0 bridgehead atoms. The van der Waals surface area contributed by atoms with Gasteiger partial charge >= 0.3 is 0 Å². The molecule has 1 aliphatic heterocycles. The van der Waals surface area contributed by atoms with Crippen molar-refractivity contribution in [3.63, 3.8) is 0 Å². The molecule has 6 heteroatoms. The van der Waals surface area contributed by atoms with E-state index in [4.69, 9.17) is 16.6 Å². The van der Waals surface area contributed by atoms with Gasteiger partial charge < -0.3 is 5.32 Å². The summed E-state index contributed by atoms with van der Waals surface area (Å²) in [4.78, 5) is 20.2. The fourth-order valence-corrected chi connectivity index (χ4v) is 3.90. The Morgan fingerprint density at radius 1 is 1.44 bits per heavy atom. The van der Waals surface area contributed by atoms with Crippen LogP contribution in [0.2, 0.25) is 5.02 Å². The molecule has 136 valence electrons. The minimum Gasteiger partial charge on any atom is -0.313 e. The molecule has 1 fully saturated rings. The summed E-state index contributed by atoms with van der Waals surface area (Å²) in [5.74, 6) is 0.857. The van der Waals surface area contributed by atoms with Crippen LogP contribution in [0.15, 0.2) is 23.0 Å². The minimum absolute atomic E-state index is 0.0235. The fourth-order valence-electron chi connectivity index (χ4n) is 3.73. The van der Waals surface area contributed by atoms with E-state index < -0.39 is 0 Å². The summed E-state index contributed by atoms with van der Waals surface area (Å²) in [5, 5.41) is 4.69. The average Bonchev–Trinajstić information content (AvgIpc) is 2.81. The summed E-state index contributed by atoms with van der Waals surface area (Å²) in [5.41, 5.74) is 0.703.